The van der Waals surface area contributed by atoms with Crippen molar-refractivity contribution in [3.63, 3.8) is 0 Å². The Morgan fingerprint density at radius 3 is 2.36 bits per heavy atom. The standard InChI is InChI=1S/C27H32F3N7O10/c1-11(38)33-26-31-9-16-21(36-26)37(10-32-16)23-20(46-13(3)40)18(45-12(2)39)8-17(47-23)19(24(42)44-4)35-22(41)14-6-5-7-15(14)34-25(43)27(28,29)30/h9-10,14-15,17-20,23H,5-8H2,1-4H3,(H,34,43)(H,35,41)(H,31,33,36,38)/t14-,15+,17+,18+,19+,20-,23-/m1/s1. The van der Waals surface area contributed by atoms with Gasteiger partial charge in [-0.1, -0.05) is 6.42 Å². The van der Waals surface area contributed by atoms with E-state index in [0.717, 1.165) is 21.0 Å². The zero-order chi connectivity index (χ0) is 34.6. The molecule has 3 N–H and O–H groups in total. The molecule has 0 radical (unpaired) electrons. The van der Waals surface area contributed by atoms with Crippen LogP contribution in [0.3, 0.4) is 0 Å². The Bertz CT molecular complexity index is 1550. The molecule has 1 saturated carbocycles. The van der Waals surface area contributed by atoms with Crippen molar-refractivity contribution in [2.24, 2.45) is 5.92 Å². The second-order valence-electron chi connectivity index (χ2n) is 10.9. The van der Waals surface area contributed by atoms with Crippen molar-refractivity contribution < 1.29 is 60.9 Å². The van der Waals surface area contributed by atoms with Crippen LogP contribution in [-0.2, 0) is 47.7 Å². The molecule has 3 heterocycles. The van der Waals surface area contributed by atoms with E-state index in [0.29, 0.717) is 6.42 Å². The van der Waals surface area contributed by atoms with Gasteiger partial charge in [0.1, 0.15) is 11.6 Å². The van der Waals surface area contributed by atoms with Crippen LogP contribution in [0, 0.1) is 5.92 Å². The molecule has 7 atom stereocenters. The SMILES string of the molecule is COC(=O)[C@@H](NC(=O)[C@@H]1CCC[C@@H]1NC(=O)C(F)(F)F)[C@@H]1C[C@H](OC(C)=O)[C@@H](OC(C)=O)[C@H](n2cnc3cnc(NC(C)=O)nc32)O1. The van der Waals surface area contributed by atoms with Gasteiger partial charge in [0.2, 0.25) is 17.8 Å². The molecule has 17 nitrogen and oxygen atoms in total. The Morgan fingerprint density at radius 2 is 1.74 bits per heavy atom. The molecule has 20 heteroatoms. The number of anilines is 1. The van der Waals surface area contributed by atoms with E-state index >= 15 is 0 Å². The van der Waals surface area contributed by atoms with Crippen molar-refractivity contribution in [1.29, 1.82) is 0 Å². The number of rotatable bonds is 9. The van der Waals surface area contributed by atoms with E-state index < -0.39 is 84.3 Å². The van der Waals surface area contributed by atoms with Crippen LogP contribution in [0.4, 0.5) is 19.1 Å². The normalized spacial score (nSPS) is 24.9. The van der Waals surface area contributed by atoms with Crippen LogP contribution in [0.5, 0.6) is 0 Å². The fourth-order valence-corrected chi connectivity index (χ4v) is 5.57. The molecule has 2 fully saturated rings. The number of esters is 3. The maximum atomic E-state index is 13.4. The fraction of sp³-hybridized carbons (Fsp3) is 0.593. The summed E-state index contributed by atoms with van der Waals surface area (Å²) < 4.78 is 62.1. The van der Waals surface area contributed by atoms with Gasteiger partial charge in [-0.15, -0.1) is 0 Å². The number of hydrogen-bond donors (Lipinski definition) is 3. The van der Waals surface area contributed by atoms with Crippen LogP contribution < -0.4 is 16.0 Å². The van der Waals surface area contributed by atoms with Gasteiger partial charge in [0.25, 0.3) is 0 Å². The average molecular weight is 672 g/mol. The molecular weight excluding hydrogens is 639 g/mol. The topological polar surface area (TPSA) is 219 Å². The van der Waals surface area contributed by atoms with E-state index in [1.807, 2.05) is 5.32 Å². The molecule has 0 unspecified atom stereocenters. The Morgan fingerprint density at radius 1 is 1.04 bits per heavy atom. The number of carbonyl (C=O) groups excluding carboxylic acids is 6. The van der Waals surface area contributed by atoms with Crippen LogP contribution in [0.15, 0.2) is 12.5 Å². The van der Waals surface area contributed by atoms with Gasteiger partial charge >= 0.3 is 30.0 Å². The number of halogens is 3. The van der Waals surface area contributed by atoms with E-state index in [9.17, 15) is 41.9 Å². The number of ether oxygens (including phenoxy) is 4. The summed E-state index contributed by atoms with van der Waals surface area (Å²) in [6, 6.07) is -2.79. The number of fused-ring (bicyclic) bond motifs is 1. The zero-order valence-electron chi connectivity index (χ0n) is 25.5. The molecule has 1 saturated heterocycles. The summed E-state index contributed by atoms with van der Waals surface area (Å²) in [4.78, 5) is 86.5. The lowest BCUT2D eigenvalue weighted by atomic mass is 9.94. The maximum absolute atomic E-state index is 13.4. The zero-order valence-corrected chi connectivity index (χ0v) is 25.5. The molecule has 2 aromatic heterocycles. The number of nitrogens with one attached hydrogen (secondary N) is 3. The summed E-state index contributed by atoms with van der Waals surface area (Å²) in [5, 5.41) is 6.72. The molecule has 0 aromatic carbocycles. The first-order valence-corrected chi connectivity index (χ1v) is 14.3. The highest BCUT2D eigenvalue weighted by atomic mass is 19.4. The molecule has 1 aliphatic carbocycles. The number of methoxy groups -OCH3 is 1. The summed E-state index contributed by atoms with van der Waals surface area (Å²) >= 11 is 0. The summed E-state index contributed by atoms with van der Waals surface area (Å²) in [5.74, 6) is -7.38. The second kappa shape index (κ2) is 14.3. The Labute approximate surface area is 264 Å². The van der Waals surface area contributed by atoms with Gasteiger partial charge in [-0.3, -0.25) is 33.9 Å². The Kier molecular flexibility index (Phi) is 10.6. The number of imidazole rings is 1. The average Bonchev–Trinajstić information content (AvgIpc) is 3.62. The van der Waals surface area contributed by atoms with Crippen molar-refractivity contribution in [2.45, 2.75) is 89.3 Å². The van der Waals surface area contributed by atoms with Crippen LogP contribution in [-0.4, -0.2) is 98.8 Å². The molecule has 0 spiro atoms. The molecule has 2 aliphatic rings. The predicted molar refractivity (Wildman–Crippen MR) is 149 cm³/mol. The minimum absolute atomic E-state index is 0.0704. The second-order valence-corrected chi connectivity index (χ2v) is 10.9. The van der Waals surface area contributed by atoms with Crippen LogP contribution in [0.1, 0.15) is 52.7 Å². The molecule has 0 bridgehead atoms. The highest BCUT2D eigenvalue weighted by Crippen LogP contribution is 2.36. The molecule has 47 heavy (non-hydrogen) atoms. The molecule has 4 rings (SSSR count). The van der Waals surface area contributed by atoms with E-state index in [2.05, 4.69) is 25.6 Å². The van der Waals surface area contributed by atoms with E-state index in [-0.39, 0.29) is 36.4 Å². The number of nitrogens with zero attached hydrogens (tertiary/aromatic N) is 4. The van der Waals surface area contributed by atoms with Gasteiger partial charge < -0.3 is 29.6 Å². The van der Waals surface area contributed by atoms with E-state index in [1.165, 1.54) is 24.0 Å². The number of alkyl halides is 3. The lowest BCUT2D eigenvalue weighted by Gasteiger charge is -2.42. The number of hydrogen-bond acceptors (Lipinski definition) is 13. The summed E-state index contributed by atoms with van der Waals surface area (Å²) in [6.07, 6.45) is -7.85. The first-order chi connectivity index (χ1) is 22.1. The number of amides is 3. The van der Waals surface area contributed by atoms with Gasteiger partial charge in [-0.25, -0.2) is 14.8 Å². The first kappa shape index (κ1) is 35.0. The van der Waals surface area contributed by atoms with Crippen molar-refractivity contribution in [3.8, 4) is 0 Å². The van der Waals surface area contributed by atoms with Crippen molar-refractivity contribution >= 4 is 52.7 Å². The smallest absolute Gasteiger partial charge is 0.467 e. The van der Waals surface area contributed by atoms with Crippen LogP contribution in [0.25, 0.3) is 11.2 Å². The van der Waals surface area contributed by atoms with Crippen LogP contribution >= 0.6 is 0 Å². The van der Waals surface area contributed by atoms with Crippen molar-refractivity contribution in [2.75, 3.05) is 12.4 Å². The van der Waals surface area contributed by atoms with Gasteiger partial charge in [0.15, 0.2) is 24.0 Å². The van der Waals surface area contributed by atoms with E-state index in [4.69, 9.17) is 18.9 Å². The maximum Gasteiger partial charge on any atom is 0.471 e. The predicted octanol–water partition coefficient (Wildman–Crippen LogP) is 0.441. The first-order valence-electron chi connectivity index (χ1n) is 14.3. The summed E-state index contributed by atoms with van der Waals surface area (Å²) in [5.41, 5.74) is 0.280. The Hall–Kier alpha value is -4.88. The molecular formula is C27H32F3N7O10. The highest BCUT2D eigenvalue weighted by molar-refractivity contribution is 5.88. The quantitative estimate of drug-likeness (QED) is 0.244. The van der Waals surface area contributed by atoms with Gasteiger partial charge in [-0.2, -0.15) is 18.2 Å². The molecule has 1 aliphatic heterocycles. The lowest BCUT2D eigenvalue weighted by Crippen LogP contribution is -2.59. The molecule has 256 valence electrons. The van der Waals surface area contributed by atoms with Gasteiger partial charge in [0.05, 0.1) is 31.7 Å². The van der Waals surface area contributed by atoms with Crippen molar-refractivity contribution in [1.82, 2.24) is 30.2 Å². The van der Waals surface area contributed by atoms with Gasteiger partial charge in [-0.05, 0) is 12.8 Å². The highest BCUT2D eigenvalue weighted by Gasteiger charge is 2.50. The summed E-state index contributed by atoms with van der Waals surface area (Å²) in [6.45, 7) is 3.43. The monoisotopic (exact) mass is 671 g/mol. The third kappa shape index (κ3) is 8.29. The van der Waals surface area contributed by atoms with Crippen LogP contribution in [0.2, 0.25) is 0 Å². The largest absolute Gasteiger partial charge is 0.471 e. The number of aromatic nitrogens is 4. The number of carbonyl (C=O) groups is 6. The fourth-order valence-electron chi connectivity index (χ4n) is 5.57. The minimum atomic E-state index is -5.17. The third-order valence-electron chi connectivity index (χ3n) is 7.47. The Balaban J connectivity index is 1.70. The third-order valence-corrected chi connectivity index (χ3v) is 7.47. The lowest BCUT2D eigenvalue weighted by molar-refractivity contribution is -0.228. The molecule has 3 amide bonds. The summed E-state index contributed by atoms with van der Waals surface area (Å²) in [7, 11) is 1.03. The minimum Gasteiger partial charge on any atom is -0.467 e. The van der Waals surface area contributed by atoms with E-state index in [1.54, 1.807) is 0 Å². The van der Waals surface area contributed by atoms with Gasteiger partial charge in [0, 0.05) is 33.2 Å². The van der Waals surface area contributed by atoms with Crippen molar-refractivity contribution in [3.05, 3.63) is 12.5 Å². The molecule has 2 aromatic rings.